The Bertz CT molecular complexity index is 606. The predicted octanol–water partition coefficient (Wildman–Crippen LogP) is 1.36. The largest absolute Gasteiger partial charge is 0.412 e. The topological polar surface area (TPSA) is 81.1 Å². The first-order valence-electron chi connectivity index (χ1n) is 7.92. The summed E-state index contributed by atoms with van der Waals surface area (Å²) in [5, 5.41) is 13.9. The van der Waals surface area contributed by atoms with E-state index >= 15 is 0 Å². The van der Waals surface area contributed by atoms with Crippen molar-refractivity contribution in [2.45, 2.75) is 31.8 Å². The van der Waals surface area contributed by atoms with Crippen LogP contribution in [0.3, 0.4) is 0 Å². The third-order valence-corrected chi connectivity index (χ3v) is 3.90. The summed E-state index contributed by atoms with van der Waals surface area (Å²) in [7, 11) is 0. The molecule has 0 saturated carbocycles. The summed E-state index contributed by atoms with van der Waals surface area (Å²) in [6.07, 6.45) is 5.85. The van der Waals surface area contributed by atoms with Crippen LogP contribution in [-0.4, -0.2) is 40.2 Å². The molecule has 1 aliphatic heterocycles. The molecule has 1 amide bonds. The molecule has 0 aliphatic carbocycles. The zero-order valence-electron chi connectivity index (χ0n) is 12.9. The van der Waals surface area contributed by atoms with Gasteiger partial charge in [-0.3, -0.25) is 4.68 Å². The highest BCUT2D eigenvalue weighted by Gasteiger charge is 2.16. The Morgan fingerprint density at radius 2 is 2.09 bits per heavy atom. The van der Waals surface area contributed by atoms with E-state index in [1.807, 2.05) is 30.5 Å². The maximum Gasteiger partial charge on any atom is 0.412 e. The van der Waals surface area contributed by atoms with E-state index in [2.05, 4.69) is 20.9 Å². The Morgan fingerprint density at radius 3 is 2.78 bits per heavy atom. The molecule has 2 aromatic rings. The number of hydrogen-bond acceptors (Lipinski definition) is 5. The number of nitrogens with one attached hydrogen (secondary N) is 2. The fourth-order valence-corrected chi connectivity index (χ4v) is 2.59. The molecule has 2 N–H and O–H groups in total. The average molecular weight is 315 g/mol. The molecule has 2 heterocycles. The highest BCUT2D eigenvalue weighted by atomic mass is 16.6. The van der Waals surface area contributed by atoms with E-state index in [1.165, 1.54) is 0 Å². The standard InChI is InChI=1S/C16H21N5O2/c22-16(19-14-5-8-17-9-6-14)23-15-3-1-13(2-4-15)7-11-21-12-10-18-20-21/h1-4,10,12,14,17H,5-9,11H2,(H,19,22). The van der Waals surface area contributed by atoms with Gasteiger partial charge in [-0.2, -0.15) is 0 Å². The van der Waals surface area contributed by atoms with Gasteiger partial charge >= 0.3 is 6.09 Å². The lowest BCUT2D eigenvalue weighted by Gasteiger charge is -2.23. The van der Waals surface area contributed by atoms with Crippen molar-refractivity contribution >= 4 is 6.09 Å². The second-order valence-corrected chi connectivity index (χ2v) is 5.62. The van der Waals surface area contributed by atoms with Gasteiger partial charge in [-0.15, -0.1) is 5.10 Å². The molecule has 1 aromatic heterocycles. The number of amides is 1. The zero-order chi connectivity index (χ0) is 15.9. The summed E-state index contributed by atoms with van der Waals surface area (Å²) < 4.78 is 7.11. The molecular weight excluding hydrogens is 294 g/mol. The molecule has 0 unspecified atom stereocenters. The average Bonchev–Trinajstić information content (AvgIpc) is 3.08. The van der Waals surface area contributed by atoms with Crippen LogP contribution in [0.25, 0.3) is 0 Å². The minimum absolute atomic E-state index is 0.200. The van der Waals surface area contributed by atoms with Crippen molar-refractivity contribution in [1.82, 2.24) is 25.6 Å². The van der Waals surface area contributed by atoms with Gasteiger partial charge in [0.2, 0.25) is 0 Å². The molecule has 1 fully saturated rings. The summed E-state index contributed by atoms with van der Waals surface area (Å²) in [6.45, 7) is 2.65. The summed E-state index contributed by atoms with van der Waals surface area (Å²) in [4.78, 5) is 11.9. The van der Waals surface area contributed by atoms with Crippen LogP contribution in [0.4, 0.5) is 4.79 Å². The first kappa shape index (κ1) is 15.5. The van der Waals surface area contributed by atoms with Gasteiger partial charge in [0.25, 0.3) is 0 Å². The summed E-state index contributed by atoms with van der Waals surface area (Å²) >= 11 is 0. The third-order valence-electron chi connectivity index (χ3n) is 3.90. The summed E-state index contributed by atoms with van der Waals surface area (Å²) in [5.41, 5.74) is 1.16. The molecular formula is C16H21N5O2. The number of carbonyl (C=O) groups is 1. The number of ether oxygens (including phenoxy) is 1. The van der Waals surface area contributed by atoms with Crippen LogP contribution < -0.4 is 15.4 Å². The molecule has 0 spiro atoms. The highest BCUT2D eigenvalue weighted by molar-refractivity contribution is 5.70. The molecule has 122 valence electrons. The first-order valence-corrected chi connectivity index (χ1v) is 7.92. The zero-order valence-corrected chi connectivity index (χ0v) is 12.9. The Morgan fingerprint density at radius 1 is 1.30 bits per heavy atom. The summed E-state index contributed by atoms with van der Waals surface area (Å²) in [6, 6.07) is 7.76. The van der Waals surface area contributed by atoms with Crippen LogP contribution in [0.2, 0.25) is 0 Å². The van der Waals surface area contributed by atoms with E-state index in [9.17, 15) is 4.79 Å². The van der Waals surface area contributed by atoms with Gasteiger partial charge in [-0.05, 0) is 50.0 Å². The smallest absolute Gasteiger partial charge is 0.410 e. The lowest BCUT2D eigenvalue weighted by atomic mass is 10.1. The predicted molar refractivity (Wildman–Crippen MR) is 85.2 cm³/mol. The van der Waals surface area contributed by atoms with Crippen molar-refractivity contribution in [3.63, 3.8) is 0 Å². The van der Waals surface area contributed by atoms with Gasteiger partial charge in [-0.25, -0.2) is 4.79 Å². The first-order chi connectivity index (χ1) is 11.3. The molecule has 7 heteroatoms. The van der Waals surface area contributed by atoms with Crippen LogP contribution in [-0.2, 0) is 13.0 Å². The van der Waals surface area contributed by atoms with Crippen LogP contribution in [0, 0.1) is 0 Å². The van der Waals surface area contributed by atoms with E-state index in [-0.39, 0.29) is 12.1 Å². The number of benzene rings is 1. The van der Waals surface area contributed by atoms with Gasteiger partial charge in [0.1, 0.15) is 5.75 Å². The third kappa shape index (κ3) is 4.79. The Kier molecular flexibility index (Phi) is 5.21. The lowest BCUT2D eigenvalue weighted by molar-refractivity contribution is 0.193. The van der Waals surface area contributed by atoms with E-state index < -0.39 is 0 Å². The molecule has 1 saturated heterocycles. The maximum absolute atomic E-state index is 11.9. The van der Waals surface area contributed by atoms with Crippen molar-refractivity contribution in [3.05, 3.63) is 42.2 Å². The quantitative estimate of drug-likeness (QED) is 0.871. The Hall–Kier alpha value is -2.41. The van der Waals surface area contributed by atoms with Crippen LogP contribution in [0.5, 0.6) is 5.75 Å². The molecule has 1 aromatic carbocycles. The van der Waals surface area contributed by atoms with Crippen molar-refractivity contribution < 1.29 is 9.53 Å². The van der Waals surface area contributed by atoms with Gasteiger partial charge in [0.05, 0.1) is 6.20 Å². The molecule has 0 radical (unpaired) electrons. The number of aromatic nitrogens is 3. The van der Waals surface area contributed by atoms with Crippen molar-refractivity contribution in [2.75, 3.05) is 13.1 Å². The minimum Gasteiger partial charge on any atom is -0.410 e. The van der Waals surface area contributed by atoms with Crippen LogP contribution >= 0.6 is 0 Å². The van der Waals surface area contributed by atoms with Crippen LogP contribution in [0.15, 0.2) is 36.7 Å². The van der Waals surface area contributed by atoms with E-state index in [0.29, 0.717) is 5.75 Å². The minimum atomic E-state index is -0.382. The Labute approximate surface area is 135 Å². The fourth-order valence-electron chi connectivity index (χ4n) is 2.59. The molecule has 0 atom stereocenters. The maximum atomic E-state index is 11.9. The number of nitrogens with zero attached hydrogens (tertiary/aromatic N) is 3. The Balaban J connectivity index is 1.45. The fraction of sp³-hybridized carbons (Fsp3) is 0.438. The van der Waals surface area contributed by atoms with Crippen molar-refractivity contribution in [3.8, 4) is 5.75 Å². The number of piperidine rings is 1. The van der Waals surface area contributed by atoms with Crippen molar-refractivity contribution in [1.29, 1.82) is 0 Å². The lowest BCUT2D eigenvalue weighted by Crippen LogP contribution is -2.43. The van der Waals surface area contributed by atoms with E-state index in [1.54, 1.807) is 10.9 Å². The number of aryl methyl sites for hydroxylation is 2. The second kappa shape index (κ2) is 7.73. The second-order valence-electron chi connectivity index (χ2n) is 5.62. The van der Waals surface area contributed by atoms with Gasteiger partial charge < -0.3 is 15.4 Å². The molecule has 0 bridgehead atoms. The van der Waals surface area contributed by atoms with E-state index in [4.69, 9.17) is 4.74 Å². The summed E-state index contributed by atoms with van der Waals surface area (Å²) in [5.74, 6) is 0.556. The molecule has 23 heavy (non-hydrogen) atoms. The molecule has 1 aliphatic rings. The molecule has 7 nitrogen and oxygen atoms in total. The number of rotatable bonds is 5. The van der Waals surface area contributed by atoms with Gasteiger partial charge in [-0.1, -0.05) is 17.3 Å². The molecule has 3 rings (SSSR count). The van der Waals surface area contributed by atoms with Crippen LogP contribution in [0.1, 0.15) is 18.4 Å². The highest BCUT2D eigenvalue weighted by Crippen LogP contribution is 2.13. The normalized spacial score (nSPS) is 15.3. The van der Waals surface area contributed by atoms with Gasteiger partial charge in [0.15, 0.2) is 0 Å². The van der Waals surface area contributed by atoms with E-state index in [0.717, 1.165) is 44.5 Å². The number of hydrogen-bond donors (Lipinski definition) is 2. The SMILES string of the molecule is O=C(NC1CCNCC1)Oc1ccc(CCn2ccnn2)cc1. The monoisotopic (exact) mass is 315 g/mol. The van der Waals surface area contributed by atoms with Crippen molar-refractivity contribution in [2.24, 2.45) is 0 Å². The number of carbonyl (C=O) groups excluding carboxylic acids is 1. The van der Waals surface area contributed by atoms with Gasteiger partial charge in [0, 0.05) is 18.8 Å².